The van der Waals surface area contributed by atoms with Crippen LogP contribution in [-0.2, 0) is 13.2 Å². The number of hydrogen-bond donors (Lipinski definition) is 1. The molecule has 0 unspecified atom stereocenters. The van der Waals surface area contributed by atoms with Crippen molar-refractivity contribution in [2.24, 2.45) is 0 Å². The minimum atomic E-state index is -0.270. The Morgan fingerprint density at radius 3 is 2.56 bits per heavy atom. The first-order valence-electron chi connectivity index (χ1n) is 7.76. The van der Waals surface area contributed by atoms with Gasteiger partial charge in [-0.25, -0.2) is 4.39 Å². The second-order valence-corrected chi connectivity index (χ2v) is 6.35. The quantitative estimate of drug-likeness (QED) is 0.543. The molecule has 128 valence electrons. The highest BCUT2D eigenvalue weighted by molar-refractivity contribution is 6.36. The van der Waals surface area contributed by atoms with Gasteiger partial charge in [0.05, 0.1) is 10.7 Å². The summed E-state index contributed by atoms with van der Waals surface area (Å²) >= 11 is 12.1. The third-order valence-electron chi connectivity index (χ3n) is 3.66. The third kappa shape index (κ3) is 4.88. The maximum Gasteiger partial charge on any atom is 0.124 e. The van der Waals surface area contributed by atoms with E-state index >= 15 is 0 Å². The fraction of sp³-hybridized carbons (Fsp3) is 0.100. The molecular weight excluding hydrogens is 360 g/mol. The summed E-state index contributed by atoms with van der Waals surface area (Å²) in [5, 5.41) is 4.43. The zero-order valence-electron chi connectivity index (χ0n) is 13.3. The molecule has 3 aromatic carbocycles. The minimum absolute atomic E-state index is 0.270. The average molecular weight is 376 g/mol. The number of ether oxygens (including phenoxy) is 1. The van der Waals surface area contributed by atoms with Gasteiger partial charge >= 0.3 is 0 Å². The highest BCUT2D eigenvalue weighted by atomic mass is 35.5. The van der Waals surface area contributed by atoms with Crippen LogP contribution in [0.1, 0.15) is 11.1 Å². The molecule has 3 aromatic rings. The molecule has 0 aliphatic rings. The molecule has 1 N–H and O–H groups in total. The maximum absolute atomic E-state index is 13.3. The van der Waals surface area contributed by atoms with Crippen molar-refractivity contribution < 1.29 is 9.13 Å². The molecule has 0 saturated heterocycles. The van der Waals surface area contributed by atoms with Crippen LogP contribution in [0.25, 0.3) is 0 Å². The largest absolute Gasteiger partial charge is 0.489 e. The lowest BCUT2D eigenvalue weighted by Gasteiger charge is -2.14. The molecule has 0 aliphatic heterocycles. The van der Waals surface area contributed by atoms with Crippen molar-refractivity contribution in [1.29, 1.82) is 0 Å². The molecule has 0 saturated carbocycles. The van der Waals surface area contributed by atoms with Gasteiger partial charge in [0.2, 0.25) is 0 Å². The second-order valence-electron chi connectivity index (χ2n) is 5.50. The first-order valence-corrected chi connectivity index (χ1v) is 8.51. The summed E-state index contributed by atoms with van der Waals surface area (Å²) in [5.41, 5.74) is 2.56. The van der Waals surface area contributed by atoms with Crippen LogP contribution in [0.2, 0.25) is 10.0 Å². The minimum Gasteiger partial charge on any atom is -0.489 e. The van der Waals surface area contributed by atoms with E-state index in [4.69, 9.17) is 27.9 Å². The Morgan fingerprint density at radius 2 is 1.76 bits per heavy atom. The molecule has 5 heteroatoms. The van der Waals surface area contributed by atoms with Gasteiger partial charge in [-0.05, 0) is 42.0 Å². The molecule has 0 fully saturated rings. The lowest BCUT2D eigenvalue weighted by molar-refractivity contribution is 0.302. The third-order valence-corrected chi connectivity index (χ3v) is 4.20. The van der Waals surface area contributed by atoms with E-state index < -0.39 is 0 Å². The Balaban J connectivity index is 1.68. The maximum atomic E-state index is 13.3. The van der Waals surface area contributed by atoms with E-state index in [1.165, 1.54) is 12.1 Å². The van der Waals surface area contributed by atoms with Gasteiger partial charge < -0.3 is 10.1 Å². The van der Waals surface area contributed by atoms with Gasteiger partial charge in [-0.15, -0.1) is 0 Å². The number of halogens is 3. The lowest BCUT2D eigenvalue weighted by Crippen LogP contribution is -2.04. The van der Waals surface area contributed by atoms with Crippen LogP contribution in [-0.4, -0.2) is 0 Å². The molecular formula is C20H16Cl2FNO. The van der Waals surface area contributed by atoms with Crippen LogP contribution >= 0.6 is 23.2 Å². The molecule has 2 nitrogen and oxygen atoms in total. The topological polar surface area (TPSA) is 21.3 Å². The van der Waals surface area contributed by atoms with Gasteiger partial charge in [0, 0.05) is 17.1 Å². The fourth-order valence-electron chi connectivity index (χ4n) is 2.40. The zero-order valence-corrected chi connectivity index (χ0v) is 14.8. The van der Waals surface area contributed by atoms with Crippen molar-refractivity contribution in [3.8, 4) is 5.75 Å². The average Bonchev–Trinajstić information content (AvgIpc) is 2.60. The summed E-state index contributed by atoms with van der Waals surface area (Å²) in [6, 6.07) is 19.4. The highest BCUT2D eigenvalue weighted by Gasteiger charge is 2.06. The van der Waals surface area contributed by atoms with E-state index in [2.05, 4.69) is 5.32 Å². The standard InChI is InChI=1S/C20H16Cl2FNO/c21-16-8-9-19(18(22)11-16)24-12-15-5-1-2-7-20(15)25-13-14-4-3-6-17(23)10-14/h1-11,24H,12-13H2. The molecule has 0 aliphatic carbocycles. The predicted molar refractivity (Wildman–Crippen MR) is 101 cm³/mol. The number of para-hydroxylation sites is 1. The van der Waals surface area contributed by atoms with E-state index in [0.29, 0.717) is 23.2 Å². The SMILES string of the molecule is Fc1cccc(COc2ccccc2CNc2ccc(Cl)cc2Cl)c1. The van der Waals surface area contributed by atoms with E-state index in [-0.39, 0.29) is 5.82 Å². The van der Waals surface area contributed by atoms with E-state index in [9.17, 15) is 4.39 Å². The molecule has 0 bridgehead atoms. The number of benzene rings is 3. The Kier molecular flexibility index (Phi) is 5.79. The second kappa shape index (κ2) is 8.24. The summed E-state index contributed by atoms with van der Waals surface area (Å²) in [6.07, 6.45) is 0. The smallest absolute Gasteiger partial charge is 0.124 e. The van der Waals surface area contributed by atoms with Crippen molar-refractivity contribution in [3.63, 3.8) is 0 Å². The van der Waals surface area contributed by atoms with Crippen LogP contribution in [0.4, 0.5) is 10.1 Å². The zero-order chi connectivity index (χ0) is 17.6. The summed E-state index contributed by atoms with van der Waals surface area (Å²) in [7, 11) is 0. The van der Waals surface area contributed by atoms with Crippen LogP contribution in [0, 0.1) is 5.82 Å². The van der Waals surface area contributed by atoms with Gasteiger partial charge in [-0.2, -0.15) is 0 Å². The van der Waals surface area contributed by atoms with Gasteiger partial charge in [0.25, 0.3) is 0 Å². The van der Waals surface area contributed by atoms with Crippen LogP contribution in [0.15, 0.2) is 66.7 Å². The predicted octanol–water partition coefficient (Wildman–Crippen LogP) is 6.32. The summed E-state index contributed by atoms with van der Waals surface area (Å²) in [4.78, 5) is 0. The van der Waals surface area contributed by atoms with Crippen molar-refractivity contribution in [2.75, 3.05) is 5.32 Å². The molecule has 3 rings (SSSR count). The normalized spacial score (nSPS) is 10.5. The number of rotatable bonds is 6. The molecule has 0 heterocycles. The summed E-state index contributed by atoms with van der Waals surface area (Å²) < 4.78 is 19.1. The summed E-state index contributed by atoms with van der Waals surface area (Å²) in [6.45, 7) is 0.844. The van der Waals surface area contributed by atoms with E-state index in [1.54, 1.807) is 18.2 Å². The molecule has 0 atom stereocenters. The van der Waals surface area contributed by atoms with Crippen LogP contribution in [0.5, 0.6) is 5.75 Å². The lowest BCUT2D eigenvalue weighted by atomic mass is 10.2. The van der Waals surface area contributed by atoms with Crippen molar-refractivity contribution >= 4 is 28.9 Å². The van der Waals surface area contributed by atoms with Crippen molar-refractivity contribution in [3.05, 3.63) is 93.7 Å². The Bertz CT molecular complexity index is 870. The van der Waals surface area contributed by atoms with Gasteiger partial charge in [-0.3, -0.25) is 0 Å². The summed E-state index contributed by atoms with van der Waals surface area (Å²) in [5.74, 6) is 0.470. The number of hydrogen-bond acceptors (Lipinski definition) is 2. The molecule has 0 radical (unpaired) electrons. The van der Waals surface area contributed by atoms with Crippen molar-refractivity contribution in [1.82, 2.24) is 0 Å². The molecule has 25 heavy (non-hydrogen) atoms. The van der Waals surface area contributed by atoms with Crippen molar-refractivity contribution in [2.45, 2.75) is 13.2 Å². The van der Waals surface area contributed by atoms with Gasteiger partial charge in [0.15, 0.2) is 0 Å². The van der Waals surface area contributed by atoms with Crippen LogP contribution in [0.3, 0.4) is 0 Å². The molecule has 0 amide bonds. The molecule has 0 spiro atoms. The number of anilines is 1. The van der Waals surface area contributed by atoms with Crippen LogP contribution < -0.4 is 10.1 Å². The van der Waals surface area contributed by atoms with Gasteiger partial charge in [0.1, 0.15) is 18.2 Å². The van der Waals surface area contributed by atoms with Gasteiger partial charge in [-0.1, -0.05) is 53.5 Å². The van der Waals surface area contributed by atoms with E-state index in [1.807, 2.05) is 36.4 Å². The Labute approximate surface area is 156 Å². The first kappa shape index (κ1) is 17.6. The van der Waals surface area contributed by atoms with E-state index in [0.717, 1.165) is 22.6 Å². The fourth-order valence-corrected chi connectivity index (χ4v) is 2.88. The first-order chi connectivity index (χ1) is 12.1. The number of nitrogens with one attached hydrogen (secondary N) is 1. The Hall–Kier alpha value is -2.23. The Morgan fingerprint density at radius 1 is 0.920 bits per heavy atom. The molecule has 0 aromatic heterocycles. The monoisotopic (exact) mass is 375 g/mol. The highest BCUT2D eigenvalue weighted by Crippen LogP contribution is 2.27.